The summed E-state index contributed by atoms with van der Waals surface area (Å²) >= 11 is 0. The van der Waals surface area contributed by atoms with Gasteiger partial charge < -0.3 is 15.7 Å². The average Bonchev–Trinajstić information content (AvgIpc) is 2.72. The van der Waals surface area contributed by atoms with Crippen LogP contribution in [0.15, 0.2) is 0 Å². The summed E-state index contributed by atoms with van der Waals surface area (Å²) < 4.78 is 0. The first-order valence-corrected chi connectivity index (χ1v) is 6.70. The quantitative estimate of drug-likeness (QED) is 0.691. The smallest absolute Gasteiger partial charge is 0.329 e. The van der Waals surface area contributed by atoms with E-state index in [4.69, 9.17) is 0 Å². The first kappa shape index (κ1) is 13.3. The molecule has 1 saturated carbocycles. The fraction of sp³-hybridized carbons (Fsp3) is 0.846. The maximum absolute atomic E-state index is 12.5. The number of nitrogens with one attached hydrogen (secondary N) is 2. The second-order valence-corrected chi connectivity index (χ2v) is 5.93. The maximum Gasteiger partial charge on any atom is 0.329 e. The molecule has 0 aromatic heterocycles. The number of carbonyl (C=O) groups is 2. The highest BCUT2D eigenvalue weighted by Gasteiger charge is 2.51. The van der Waals surface area contributed by atoms with Crippen molar-refractivity contribution >= 4 is 11.9 Å². The molecule has 0 aromatic carbocycles. The highest BCUT2D eigenvalue weighted by molar-refractivity contribution is 5.91. The van der Waals surface area contributed by atoms with Crippen LogP contribution in [-0.2, 0) is 9.59 Å². The van der Waals surface area contributed by atoms with Crippen molar-refractivity contribution in [2.75, 3.05) is 13.1 Å². The van der Waals surface area contributed by atoms with E-state index < -0.39 is 16.9 Å². The molecule has 1 heterocycles. The van der Waals surface area contributed by atoms with Gasteiger partial charge in [-0.2, -0.15) is 0 Å². The molecule has 1 unspecified atom stereocenters. The molecule has 0 spiro atoms. The van der Waals surface area contributed by atoms with E-state index in [0.29, 0.717) is 19.4 Å². The summed E-state index contributed by atoms with van der Waals surface area (Å²) in [5.41, 5.74) is -1.44. The summed E-state index contributed by atoms with van der Waals surface area (Å²) in [6.07, 6.45) is 2.76. The van der Waals surface area contributed by atoms with Gasteiger partial charge in [0.2, 0.25) is 5.91 Å². The van der Waals surface area contributed by atoms with Crippen molar-refractivity contribution in [2.24, 2.45) is 11.3 Å². The van der Waals surface area contributed by atoms with Crippen molar-refractivity contribution in [3.63, 3.8) is 0 Å². The van der Waals surface area contributed by atoms with E-state index in [1.165, 1.54) is 0 Å². The van der Waals surface area contributed by atoms with E-state index in [2.05, 4.69) is 10.6 Å². The van der Waals surface area contributed by atoms with Crippen LogP contribution < -0.4 is 10.6 Å². The molecule has 0 aromatic rings. The summed E-state index contributed by atoms with van der Waals surface area (Å²) in [5.74, 6) is -0.782. The summed E-state index contributed by atoms with van der Waals surface area (Å²) in [7, 11) is 0. The van der Waals surface area contributed by atoms with Gasteiger partial charge in [-0.25, -0.2) is 4.79 Å². The lowest BCUT2D eigenvalue weighted by molar-refractivity contribution is -0.154. The van der Waals surface area contributed by atoms with Gasteiger partial charge in [0.15, 0.2) is 0 Å². The molecule has 1 amide bonds. The molecule has 1 aliphatic carbocycles. The lowest BCUT2D eigenvalue weighted by Crippen LogP contribution is -2.62. The first-order chi connectivity index (χ1) is 8.43. The summed E-state index contributed by atoms with van der Waals surface area (Å²) in [6.45, 7) is 5.53. The number of rotatable bonds is 4. The van der Waals surface area contributed by atoms with Crippen LogP contribution in [0.5, 0.6) is 0 Å². The molecule has 3 N–H and O–H groups in total. The van der Waals surface area contributed by atoms with Crippen molar-refractivity contribution in [1.82, 2.24) is 10.6 Å². The van der Waals surface area contributed by atoms with Crippen molar-refractivity contribution < 1.29 is 14.7 Å². The molecule has 5 heteroatoms. The minimum absolute atomic E-state index is 0.0930. The average molecular weight is 254 g/mol. The van der Waals surface area contributed by atoms with E-state index in [-0.39, 0.29) is 11.8 Å². The zero-order valence-electron chi connectivity index (χ0n) is 11.1. The second kappa shape index (κ2) is 4.53. The number of hydrogen-bond donors (Lipinski definition) is 3. The predicted octanol–water partition coefficient (Wildman–Crippen LogP) is 0.746. The Bertz CT molecular complexity index is 355. The standard InChI is InChI=1S/C13H22N2O3/c1-9(2)12(6-7-14-8-12)10(16)15-13(11(17)18)4-3-5-13/h9,14H,3-8H2,1-2H3,(H,15,16)(H,17,18). The van der Waals surface area contributed by atoms with Gasteiger partial charge in [0, 0.05) is 6.54 Å². The number of hydrogen-bond acceptors (Lipinski definition) is 3. The maximum atomic E-state index is 12.5. The van der Waals surface area contributed by atoms with E-state index in [1.807, 2.05) is 13.8 Å². The third kappa shape index (κ3) is 1.90. The largest absolute Gasteiger partial charge is 0.480 e. The fourth-order valence-electron chi connectivity index (χ4n) is 2.92. The molecule has 18 heavy (non-hydrogen) atoms. The Labute approximate surface area is 107 Å². The van der Waals surface area contributed by atoms with Crippen LogP contribution in [0.25, 0.3) is 0 Å². The molecule has 102 valence electrons. The molecule has 1 saturated heterocycles. The first-order valence-electron chi connectivity index (χ1n) is 6.70. The summed E-state index contributed by atoms with van der Waals surface area (Å²) in [4.78, 5) is 23.8. The van der Waals surface area contributed by atoms with Gasteiger partial charge in [0.05, 0.1) is 5.41 Å². The summed E-state index contributed by atoms with van der Waals surface area (Å²) in [6, 6.07) is 0. The van der Waals surface area contributed by atoms with E-state index in [0.717, 1.165) is 19.4 Å². The molecular formula is C13H22N2O3. The molecule has 1 aliphatic heterocycles. The lowest BCUT2D eigenvalue weighted by atomic mass is 9.72. The Morgan fingerprint density at radius 3 is 2.28 bits per heavy atom. The molecule has 5 nitrogen and oxygen atoms in total. The van der Waals surface area contributed by atoms with Gasteiger partial charge in [0.1, 0.15) is 5.54 Å². The predicted molar refractivity (Wildman–Crippen MR) is 67.1 cm³/mol. The Morgan fingerprint density at radius 2 is 1.94 bits per heavy atom. The van der Waals surface area contributed by atoms with Gasteiger partial charge in [0.25, 0.3) is 0 Å². The van der Waals surface area contributed by atoms with Crippen LogP contribution in [0.4, 0.5) is 0 Å². The van der Waals surface area contributed by atoms with Gasteiger partial charge in [-0.3, -0.25) is 4.79 Å². The third-order valence-electron chi connectivity index (χ3n) is 4.72. The molecular weight excluding hydrogens is 232 g/mol. The third-order valence-corrected chi connectivity index (χ3v) is 4.72. The van der Waals surface area contributed by atoms with Crippen LogP contribution >= 0.6 is 0 Å². The van der Waals surface area contributed by atoms with Gasteiger partial charge in [-0.05, 0) is 38.1 Å². The van der Waals surface area contributed by atoms with Crippen LogP contribution in [0.1, 0.15) is 39.5 Å². The number of carbonyl (C=O) groups excluding carboxylic acids is 1. The van der Waals surface area contributed by atoms with E-state index >= 15 is 0 Å². The molecule has 2 rings (SSSR count). The Balaban J connectivity index is 2.13. The minimum Gasteiger partial charge on any atom is -0.480 e. The molecule has 0 radical (unpaired) electrons. The normalized spacial score (nSPS) is 29.9. The van der Waals surface area contributed by atoms with Crippen LogP contribution in [0.3, 0.4) is 0 Å². The van der Waals surface area contributed by atoms with Crippen LogP contribution in [-0.4, -0.2) is 35.6 Å². The zero-order valence-corrected chi connectivity index (χ0v) is 11.1. The lowest BCUT2D eigenvalue weighted by Gasteiger charge is -2.42. The Morgan fingerprint density at radius 1 is 1.28 bits per heavy atom. The highest BCUT2D eigenvalue weighted by Crippen LogP contribution is 2.38. The highest BCUT2D eigenvalue weighted by atomic mass is 16.4. The zero-order chi connectivity index (χ0) is 13.4. The number of amides is 1. The van der Waals surface area contributed by atoms with Crippen LogP contribution in [0.2, 0.25) is 0 Å². The topological polar surface area (TPSA) is 78.4 Å². The van der Waals surface area contributed by atoms with E-state index in [9.17, 15) is 14.7 Å². The van der Waals surface area contributed by atoms with Gasteiger partial charge >= 0.3 is 5.97 Å². The van der Waals surface area contributed by atoms with Crippen molar-refractivity contribution in [1.29, 1.82) is 0 Å². The van der Waals surface area contributed by atoms with Crippen LogP contribution in [0, 0.1) is 11.3 Å². The Hall–Kier alpha value is -1.10. The monoisotopic (exact) mass is 254 g/mol. The number of carboxylic acids is 1. The van der Waals surface area contributed by atoms with E-state index in [1.54, 1.807) is 0 Å². The van der Waals surface area contributed by atoms with Gasteiger partial charge in [-0.1, -0.05) is 13.8 Å². The Kier molecular flexibility index (Phi) is 3.36. The van der Waals surface area contributed by atoms with Crippen molar-refractivity contribution in [3.05, 3.63) is 0 Å². The number of aliphatic carboxylic acids is 1. The fourth-order valence-corrected chi connectivity index (χ4v) is 2.92. The molecule has 2 aliphatic rings. The minimum atomic E-state index is -0.998. The van der Waals surface area contributed by atoms with Crippen molar-refractivity contribution in [3.8, 4) is 0 Å². The van der Waals surface area contributed by atoms with Crippen molar-refractivity contribution in [2.45, 2.75) is 45.1 Å². The second-order valence-electron chi connectivity index (χ2n) is 5.93. The molecule has 2 fully saturated rings. The number of carboxylic acid groups (broad SMARTS) is 1. The summed E-state index contributed by atoms with van der Waals surface area (Å²) in [5, 5.41) is 15.3. The SMILES string of the molecule is CC(C)C1(C(=O)NC2(C(=O)O)CCC2)CCNC1. The van der Waals surface area contributed by atoms with Gasteiger partial charge in [-0.15, -0.1) is 0 Å². The molecule has 0 bridgehead atoms. The molecule has 1 atom stereocenters.